The zero-order valence-electron chi connectivity index (χ0n) is 17.6. The summed E-state index contributed by atoms with van der Waals surface area (Å²) in [6, 6.07) is 0. The number of hydrogen-bond donors (Lipinski definition) is 0. The van der Waals surface area contributed by atoms with Crippen LogP contribution in [0.4, 0.5) is 0 Å². The Morgan fingerprint density at radius 2 is 0.609 bits per heavy atom. The van der Waals surface area contributed by atoms with Gasteiger partial charge >= 0.3 is 0 Å². The Labute approximate surface area is 148 Å². The molecular formula is C23H46. The van der Waals surface area contributed by atoms with Gasteiger partial charge in [0.2, 0.25) is 0 Å². The molecule has 0 nitrogen and oxygen atoms in total. The molecule has 0 saturated heterocycles. The predicted octanol–water partition coefficient (Wildman–Crippen LogP) is 7.82. The zero-order valence-corrected chi connectivity index (χ0v) is 17.6. The van der Waals surface area contributed by atoms with Crippen LogP contribution in [0.3, 0.4) is 0 Å². The van der Waals surface area contributed by atoms with Crippen LogP contribution < -0.4 is 0 Å². The van der Waals surface area contributed by atoms with Crippen molar-refractivity contribution in [3.63, 3.8) is 0 Å². The van der Waals surface area contributed by atoms with E-state index in [9.17, 15) is 0 Å². The van der Waals surface area contributed by atoms with Crippen molar-refractivity contribution in [2.24, 2.45) is 47.3 Å². The van der Waals surface area contributed by atoms with Crippen LogP contribution >= 0.6 is 0 Å². The lowest BCUT2D eigenvalue weighted by Gasteiger charge is -2.32. The Hall–Kier alpha value is 0. The Balaban J connectivity index is 0.000000231. The first-order valence-corrected chi connectivity index (χ1v) is 10.7. The van der Waals surface area contributed by atoms with Crippen LogP contribution in [0.5, 0.6) is 0 Å². The SMILES string of the molecule is CC(C)C1CCC(C(C)C)C1.CC(C)C1CCC(C(C)C)CC1. The maximum atomic E-state index is 2.38. The van der Waals surface area contributed by atoms with Crippen molar-refractivity contribution in [1.29, 1.82) is 0 Å². The molecule has 0 heterocycles. The molecule has 2 fully saturated rings. The molecule has 0 bridgehead atoms. The average molecular weight is 323 g/mol. The summed E-state index contributed by atoms with van der Waals surface area (Å²) in [5.41, 5.74) is 0. The van der Waals surface area contributed by atoms with Crippen molar-refractivity contribution >= 4 is 0 Å². The van der Waals surface area contributed by atoms with Crippen molar-refractivity contribution in [1.82, 2.24) is 0 Å². The van der Waals surface area contributed by atoms with Crippen LogP contribution in [0.15, 0.2) is 0 Å². The maximum Gasteiger partial charge on any atom is -0.0388 e. The van der Waals surface area contributed by atoms with Crippen LogP contribution in [0, 0.1) is 47.3 Å². The fraction of sp³-hybridized carbons (Fsp3) is 1.00. The Morgan fingerprint density at radius 3 is 0.783 bits per heavy atom. The van der Waals surface area contributed by atoms with Crippen LogP contribution in [0.1, 0.15) is 100 Å². The summed E-state index contributed by atoms with van der Waals surface area (Å²) in [5, 5.41) is 0. The quantitative estimate of drug-likeness (QED) is 0.495. The molecule has 23 heavy (non-hydrogen) atoms. The molecule has 2 atom stereocenters. The molecule has 0 aromatic rings. The van der Waals surface area contributed by atoms with Gasteiger partial charge in [-0.05, 0) is 92.3 Å². The highest BCUT2D eigenvalue weighted by Crippen LogP contribution is 2.39. The molecule has 2 aliphatic carbocycles. The van der Waals surface area contributed by atoms with E-state index in [1.165, 1.54) is 44.9 Å². The van der Waals surface area contributed by atoms with E-state index in [4.69, 9.17) is 0 Å². The molecule has 0 aliphatic heterocycles. The van der Waals surface area contributed by atoms with Crippen LogP contribution in [0.25, 0.3) is 0 Å². The van der Waals surface area contributed by atoms with Gasteiger partial charge in [0.1, 0.15) is 0 Å². The van der Waals surface area contributed by atoms with E-state index in [2.05, 4.69) is 55.4 Å². The van der Waals surface area contributed by atoms with Crippen molar-refractivity contribution < 1.29 is 0 Å². The van der Waals surface area contributed by atoms with E-state index in [1.807, 2.05) is 0 Å². The summed E-state index contributed by atoms with van der Waals surface area (Å²) in [7, 11) is 0. The standard InChI is InChI=1S/C12H24.C11H22/c1-9(2)11-5-7-12(8-6-11)10(3)4;1-8(2)10-5-6-11(7-10)9(3)4/h9-12H,5-8H2,1-4H3;8-11H,5-7H2,1-4H3. The van der Waals surface area contributed by atoms with Gasteiger partial charge in [-0.25, -0.2) is 0 Å². The molecule has 0 spiro atoms. The number of rotatable bonds is 4. The Bertz CT molecular complexity index is 261. The molecule has 2 unspecified atom stereocenters. The molecule has 2 aliphatic rings. The lowest BCUT2D eigenvalue weighted by atomic mass is 9.73. The fourth-order valence-electron chi connectivity index (χ4n) is 4.74. The second-order valence-corrected chi connectivity index (χ2v) is 9.98. The molecule has 0 aromatic carbocycles. The first-order valence-electron chi connectivity index (χ1n) is 10.7. The molecular weight excluding hydrogens is 276 g/mol. The van der Waals surface area contributed by atoms with Gasteiger partial charge in [-0.3, -0.25) is 0 Å². The summed E-state index contributed by atoms with van der Waals surface area (Å²) in [6.45, 7) is 19.0. The first kappa shape index (κ1) is 21.0. The molecule has 0 heteroatoms. The highest BCUT2D eigenvalue weighted by Gasteiger charge is 2.28. The Kier molecular flexibility index (Phi) is 9.24. The third-order valence-electron chi connectivity index (χ3n) is 7.10. The van der Waals surface area contributed by atoms with Crippen molar-refractivity contribution in [2.45, 2.75) is 100 Å². The fourth-order valence-corrected chi connectivity index (χ4v) is 4.74. The monoisotopic (exact) mass is 322 g/mol. The largest absolute Gasteiger partial charge is 0.0625 e. The second kappa shape index (κ2) is 10.1. The van der Waals surface area contributed by atoms with Crippen molar-refractivity contribution in [3.05, 3.63) is 0 Å². The summed E-state index contributed by atoms with van der Waals surface area (Å²) < 4.78 is 0. The van der Waals surface area contributed by atoms with Gasteiger partial charge in [-0.2, -0.15) is 0 Å². The van der Waals surface area contributed by atoms with E-state index >= 15 is 0 Å². The van der Waals surface area contributed by atoms with Gasteiger partial charge in [-0.1, -0.05) is 55.4 Å². The highest BCUT2D eigenvalue weighted by molar-refractivity contribution is 4.79. The Morgan fingerprint density at radius 1 is 0.391 bits per heavy atom. The van der Waals surface area contributed by atoms with Gasteiger partial charge in [0.15, 0.2) is 0 Å². The van der Waals surface area contributed by atoms with Crippen molar-refractivity contribution in [2.75, 3.05) is 0 Å². The molecule has 0 N–H and O–H groups in total. The van der Waals surface area contributed by atoms with Crippen LogP contribution in [-0.2, 0) is 0 Å². The van der Waals surface area contributed by atoms with E-state index in [0.717, 1.165) is 47.3 Å². The van der Waals surface area contributed by atoms with Crippen molar-refractivity contribution in [3.8, 4) is 0 Å². The van der Waals surface area contributed by atoms with E-state index in [1.54, 1.807) is 0 Å². The smallest absolute Gasteiger partial charge is 0.0388 e. The molecule has 0 aromatic heterocycles. The van der Waals surface area contributed by atoms with Gasteiger partial charge in [0, 0.05) is 0 Å². The summed E-state index contributed by atoms with van der Waals surface area (Å²) in [6.07, 6.45) is 10.4. The molecule has 0 radical (unpaired) electrons. The summed E-state index contributed by atoms with van der Waals surface area (Å²) in [5.74, 6) is 7.78. The highest BCUT2D eigenvalue weighted by atomic mass is 14.3. The molecule has 0 amide bonds. The lowest BCUT2D eigenvalue weighted by molar-refractivity contribution is 0.189. The topological polar surface area (TPSA) is 0 Å². The average Bonchev–Trinajstić information content (AvgIpc) is 2.98. The van der Waals surface area contributed by atoms with Gasteiger partial charge < -0.3 is 0 Å². The van der Waals surface area contributed by atoms with E-state index < -0.39 is 0 Å². The van der Waals surface area contributed by atoms with Gasteiger partial charge in [0.05, 0.1) is 0 Å². The predicted molar refractivity (Wildman–Crippen MR) is 106 cm³/mol. The molecule has 138 valence electrons. The van der Waals surface area contributed by atoms with Crippen LogP contribution in [0.2, 0.25) is 0 Å². The third-order valence-corrected chi connectivity index (χ3v) is 7.10. The zero-order chi connectivity index (χ0) is 17.6. The summed E-state index contributed by atoms with van der Waals surface area (Å²) in [4.78, 5) is 0. The molecule has 2 rings (SSSR count). The normalized spacial score (nSPS) is 31.8. The molecule has 2 saturated carbocycles. The number of hydrogen-bond acceptors (Lipinski definition) is 0. The minimum absolute atomic E-state index is 0.915. The first-order chi connectivity index (χ1) is 10.7. The maximum absolute atomic E-state index is 2.38. The van der Waals surface area contributed by atoms with E-state index in [0.29, 0.717) is 0 Å². The van der Waals surface area contributed by atoms with Gasteiger partial charge in [-0.15, -0.1) is 0 Å². The van der Waals surface area contributed by atoms with Crippen LogP contribution in [-0.4, -0.2) is 0 Å². The van der Waals surface area contributed by atoms with Gasteiger partial charge in [0.25, 0.3) is 0 Å². The van der Waals surface area contributed by atoms with E-state index in [-0.39, 0.29) is 0 Å². The summed E-state index contributed by atoms with van der Waals surface area (Å²) >= 11 is 0. The lowest BCUT2D eigenvalue weighted by Crippen LogP contribution is -2.21. The third kappa shape index (κ3) is 7.18. The minimum Gasteiger partial charge on any atom is -0.0625 e. The second-order valence-electron chi connectivity index (χ2n) is 9.98. The minimum atomic E-state index is 0.915.